The standard InChI is InChI=1S/C8H6N2O3/c11-5-1-2-10-4-6(8(12)13)9-7(10)3-5/h1-4,9H,(H,12,13). The lowest BCUT2D eigenvalue weighted by atomic mass is 10.5. The molecule has 5 nitrogen and oxygen atoms in total. The Morgan fingerprint density at radius 1 is 1.54 bits per heavy atom. The van der Waals surface area contributed by atoms with Crippen molar-refractivity contribution in [1.82, 2.24) is 9.38 Å². The van der Waals surface area contributed by atoms with Crippen LogP contribution < -0.4 is 5.43 Å². The molecule has 0 spiro atoms. The summed E-state index contributed by atoms with van der Waals surface area (Å²) in [6, 6.07) is 2.71. The Kier molecular flexibility index (Phi) is 1.45. The number of nitrogens with one attached hydrogen (secondary N) is 1. The van der Waals surface area contributed by atoms with Crippen LogP contribution in [0.15, 0.2) is 29.3 Å². The van der Waals surface area contributed by atoms with Crippen molar-refractivity contribution in [2.24, 2.45) is 0 Å². The van der Waals surface area contributed by atoms with E-state index in [1.165, 1.54) is 24.5 Å². The summed E-state index contributed by atoms with van der Waals surface area (Å²) in [5.74, 6) is -1.05. The number of aromatic nitrogens is 2. The Hall–Kier alpha value is -2.04. The number of rotatable bonds is 1. The smallest absolute Gasteiger partial charge is 0.353 e. The van der Waals surface area contributed by atoms with E-state index in [4.69, 9.17) is 5.11 Å². The Morgan fingerprint density at radius 2 is 2.31 bits per heavy atom. The van der Waals surface area contributed by atoms with E-state index in [2.05, 4.69) is 4.98 Å². The third-order valence-corrected chi connectivity index (χ3v) is 1.72. The van der Waals surface area contributed by atoms with Crippen molar-refractivity contribution < 1.29 is 9.90 Å². The lowest BCUT2D eigenvalue weighted by molar-refractivity contribution is 0.0691. The number of hydrogen-bond donors (Lipinski definition) is 2. The molecule has 13 heavy (non-hydrogen) atoms. The number of fused-ring (bicyclic) bond motifs is 1. The number of carboxylic acids is 1. The van der Waals surface area contributed by atoms with Gasteiger partial charge < -0.3 is 14.5 Å². The fraction of sp³-hybridized carbons (Fsp3) is 0. The van der Waals surface area contributed by atoms with E-state index in [0.717, 1.165) is 0 Å². The van der Waals surface area contributed by atoms with Gasteiger partial charge in [0.2, 0.25) is 0 Å². The summed E-state index contributed by atoms with van der Waals surface area (Å²) in [6.07, 6.45) is 2.93. The molecule has 66 valence electrons. The van der Waals surface area contributed by atoms with Gasteiger partial charge in [-0.05, 0) is 0 Å². The molecule has 0 bridgehead atoms. The Balaban J connectivity index is 2.75. The third-order valence-electron chi connectivity index (χ3n) is 1.72. The summed E-state index contributed by atoms with van der Waals surface area (Å²) in [7, 11) is 0. The molecular formula is C8H6N2O3. The summed E-state index contributed by atoms with van der Waals surface area (Å²) >= 11 is 0. The van der Waals surface area contributed by atoms with Gasteiger partial charge in [0.15, 0.2) is 5.43 Å². The molecule has 0 amide bonds. The first-order valence-electron chi connectivity index (χ1n) is 3.61. The van der Waals surface area contributed by atoms with Crippen molar-refractivity contribution in [2.75, 3.05) is 0 Å². The largest absolute Gasteiger partial charge is 0.477 e. The number of carbonyl (C=O) groups is 1. The van der Waals surface area contributed by atoms with Crippen molar-refractivity contribution in [3.05, 3.63) is 40.4 Å². The monoisotopic (exact) mass is 178 g/mol. The highest BCUT2D eigenvalue weighted by molar-refractivity contribution is 5.86. The van der Waals surface area contributed by atoms with E-state index in [9.17, 15) is 9.59 Å². The molecule has 0 saturated carbocycles. The number of nitrogens with zero attached hydrogens (tertiary/aromatic N) is 1. The van der Waals surface area contributed by atoms with Crippen LogP contribution in [0.4, 0.5) is 0 Å². The predicted octanol–water partition coefficient (Wildman–Crippen LogP) is 0.326. The van der Waals surface area contributed by atoms with Gasteiger partial charge in [-0.1, -0.05) is 0 Å². The van der Waals surface area contributed by atoms with Gasteiger partial charge in [0, 0.05) is 24.5 Å². The first kappa shape index (κ1) is 7.60. The first-order valence-corrected chi connectivity index (χ1v) is 3.61. The Morgan fingerprint density at radius 3 is 3.00 bits per heavy atom. The van der Waals surface area contributed by atoms with E-state index in [1.54, 1.807) is 4.40 Å². The van der Waals surface area contributed by atoms with Crippen molar-refractivity contribution >= 4 is 11.6 Å². The predicted molar refractivity (Wildman–Crippen MR) is 45.0 cm³/mol. The zero-order valence-corrected chi connectivity index (χ0v) is 6.52. The number of H-pyrrole nitrogens is 1. The van der Waals surface area contributed by atoms with Gasteiger partial charge >= 0.3 is 5.97 Å². The first-order chi connectivity index (χ1) is 6.16. The maximum absolute atomic E-state index is 10.9. The fourth-order valence-corrected chi connectivity index (χ4v) is 1.12. The Bertz CT molecular complexity index is 523. The van der Waals surface area contributed by atoms with E-state index < -0.39 is 5.97 Å². The van der Waals surface area contributed by atoms with Crippen molar-refractivity contribution in [3.63, 3.8) is 0 Å². The molecule has 2 aromatic rings. The normalized spacial score (nSPS) is 10.5. The van der Waals surface area contributed by atoms with Gasteiger partial charge in [-0.3, -0.25) is 4.79 Å². The van der Waals surface area contributed by atoms with Crippen LogP contribution in [0.3, 0.4) is 0 Å². The van der Waals surface area contributed by atoms with Gasteiger partial charge in [-0.2, -0.15) is 0 Å². The molecule has 2 rings (SSSR count). The molecule has 5 heteroatoms. The third kappa shape index (κ3) is 1.20. The van der Waals surface area contributed by atoms with Crippen LogP contribution in [-0.4, -0.2) is 20.5 Å². The summed E-state index contributed by atoms with van der Waals surface area (Å²) in [5, 5.41) is 8.63. The fourth-order valence-electron chi connectivity index (χ4n) is 1.12. The van der Waals surface area contributed by atoms with Gasteiger partial charge in [-0.25, -0.2) is 4.79 Å². The lowest BCUT2D eigenvalue weighted by Crippen LogP contribution is -1.97. The minimum absolute atomic E-state index is 0.0607. The summed E-state index contributed by atoms with van der Waals surface area (Å²) in [6.45, 7) is 0. The summed E-state index contributed by atoms with van der Waals surface area (Å²) < 4.78 is 1.55. The molecule has 2 aromatic heterocycles. The highest BCUT2D eigenvalue weighted by Crippen LogP contribution is 2.01. The van der Waals surface area contributed by atoms with Gasteiger partial charge in [-0.15, -0.1) is 0 Å². The quantitative estimate of drug-likeness (QED) is 0.660. The minimum Gasteiger partial charge on any atom is -0.477 e. The van der Waals surface area contributed by atoms with Crippen molar-refractivity contribution in [3.8, 4) is 0 Å². The Labute approximate surface area is 72.3 Å². The summed E-state index contributed by atoms with van der Waals surface area (Å²) in [5.41, 5.74) is 0.384. The number of pyridine rings is 1. The number of aromatic amines is 1. The maximum Gasteiger partial charge on any atom is 0.353 e. The molecule has 0 aliphatic carbocycles. The maximum atomic E-state index is 10.9. The molecule has 0 saturated heterocycles. The van der Waals surface area contributed by atoms with Crippen LogP contribution in [0.5, 0.6) is 0 Å². The topological polar surface area (TPSA) is 74.6 Å². The highest BCUT2D eigenvalue weighted by Gasteiger charge is 2.05. The zero-order chi connectivity index (χ0) is 9.42. The lowest BCUT2D eigenvalue weighted by Gasteiger charge is -1.87. The van der Waals surface area contributed by atoms with Gasteiger partial charge in [0.05, 0.1) is 0 Å². The van der Waals surface area contributed by atoms with E-state index in [-0.39, 0.29) is 11.1 Å². The molecule has 0 radical (unpaired) electrons. The average molecular weight is 178 g/mol. The zero-order valence-electron chi connectivity index (χ0n) is 6.52. The molecule has 2 N–H and O–H groups in total. The molecule has 0 fully saturated rings. The second-order valence-electron chi connectivity index (χ2n) is 2.63. The molecule has 0 aliphatic rings. The number of carboxylic acid groups (broad SMARTS) is 1. The molecule has 0 unspecified atom stereocenters. The van der Waals surface area contributed by atoms with Gasteiger partial charge in [0.25, 0.3) is 0 Å². The molecule has 0 aliphatic heterocycles. The number of hydrogen-bond acceptors (Lipinski definition) is 2. The molecule has 2 heterocycles. The van der Waals surface area contributed by atoms with Crippen molar-refractivity contribution in [1.29, 1.82) is 0 Å². The van der Waals surface area contributed by atoms with E-state index in [1.807, 2.05) is 0 Å². The second kappa shape index (κ2) is 2.48. The second-order valence-corrected chi connectivity index (χ2v) is 2.63. The molecule has 0 atom stereocenters. The van der Waals surface area contributed by atoms with Crippen LogP contribution in [0.2, 0.25) is 0 Å². The van der Waals surface area contributed by atoms with E-state index in [0.29, 0.717) is 5.65 Å². The molecular weight excluding hydrogens is 172 g/mol. The van der Waals surface area contributed by atoms with Crippen LogP contribution in [-0.2, 0) is 0 Å². The van der Waals surface area contributed by atoms with Gasteiger partial charge in [0.1, 0.15) is 11.3 Å². The van der Waals surface area contributed by atoms with Crippen LogP contribution in [0.1, 0.15) is 10.5 Å². The SMILES string of the molecule is O=C(O)c1cn2ccc(=O)cc2[nH]1. The summed E-state index contributed by atoms with van der Waals surface area (Å²) in [4.78, 5) is 24.0. The number of aromatic carboxylic acids is 1. The van der Waals surface area contributed by atoms with Crippen molar-refractivity contribution in [2.45, 2.75) is 0 Å². The van der Waals surface area contributed by atoms with Crippen LogP contribution >= 0.6 is 0 Å². The average Bonchev–Trinajstić information content (AvgIpc) is 2.46. The van der Waals surface area contributed by atoms with Crippen LogP contribution in [0, 0.1) is 0 Å². The number of imidazole rings is 1. The highest BCUT2D eigenvalue weighted by atomic mass is 16.4. The minimum atomic E-state index is -1.05. The van der Waals surface area contributed by atoms with E-state index >= 15 is 0 Å². The van der Waals surface area contributed by atoms with Crippen LogP contribution in [0.25, 0.3) is 5.65 Å². The molecule has 0 aromatic carbocycles.